The zero-order valence-electron chi connectivity index (χ0n) is 8.45. The van der Waals surface area contributed by atoms with Crippen molar-refractivity contribution in [3.63, 3.8) is 0 Å². The van der Waals surface area contributed by atoms with Gasteiger partial charge < -0.3 is 14.9 Å². The van der Waals surface area contributed by atoms with Gasteiger partial charge in [-0.3, -0.25) is 0 Å². The van der Waals surface area contributed by atoms with Crippen molar-refractivity contribution in [1.29, 1.82) is 0 Å². The fourth-order valence-electron chi connectivity index (χ4n) is 2.71. The monoisotopic (exact) mass is 186 g/mol. The lowest BCUT2D eigenvalue weighted by Gasteiger charge is -2.36. The number of fused-ring (bicyclic) bond motifs is 2. The van der Waals surface area contributed by atoms with E-state index >= 15 is 0 Å². The highest BCUT2D eigenvalue weighted by Crippen LogP contribution is 2.48. The Hall–Kier alpha value is -0.120. The Morgan fingerprint density at radius 3 is 2.46 bits per heavy atom. The first kappa shape index (κ1) is 9.44. The van der Waals surface area contributed by atoms with Gasteiger partial charge in [0, 0.05) is 5.92 Å². The molecule has 2 N–H and O–H groups in total. The first-order valence-electron chi connectivity index (χ1n) is 4.93. The summed E-state index contributed by atoms with van der Waals surface area (Å²) in [5, 5.41) is 19.9. The molecule has 1 aliphatic heterocycles. The van der Waals surface area contributed by atoms with Crippen LogP contribution in [0.25, 0.3) is 0 Å². The van der Waals surface area contributed by atoms with Crippen molar-refractivity contribution in [3.05, 3.63) is 0 Å². The molecule has 0 amide bonds. The maximum atomic E-state index is 9.98. The van der Waals surface area contributed by atoms with E-state index in [0.29, 0.717) is 0 Å². The Labute approximate surface area is 78.7 Å². The Balaban J connectivity index is 2.30. The Morgan fingerprint density at radius 2 is 1.92 bits per heavy atom. The fraction of sp³-hybridized carbons (Fsp3) is 1.00. The van der Waals surface area contributed by atoms with Crippen LogP contribution in [0.5, 0.6) is 0 Å². The lowest BCUT2D eigenvalue weighted by atomic mass is 9.73. The van der Waals surface area contributed by atoms with Gasteiger partial charge in [-0.2, -0.15) is 0 Å². The fourth-order valence-corrected chi connectivity index (χ4v) is 2.71. The molecule has 13 heavy (non-hydrogen) atoms. The van der Waals surface area contributed by atoms with Crippen molar-refractivity contribution in [2.45, 2.75) is 57.0 Å². The standard InChI is InChI=1S/C10H18O3/c1-9(2)6-4-5-10(3,12)8(13-9)7(6)11/h6-8,11-12H,4-5H2,1-3H3/t6-,7-,8-,10-/m1/s1. The van der Waals surface area contributed by atoms with Crippen LogP contribution in [0.1, 0.15) is 33.6 Å². The van der Waals surface area contributed by atoms with E-state index < -0.39 is 17.8 Å². The van der Waals surface area contributed by atoms with E-state index in [1.54, 1.807) is 6.92 Å². The molecular weight excluding hydrogens is 168 g/mol. The molecule has 0 spiro atoms. The minimum Gasteiger partial charge on any atom is -0.390 e. The zero-order chi connectivity index (χ0) is 9.85. The van der Waals surface area contributed by atoms with Gasteiger partial charge in [-0.15, -0.1) is 0 Å². The third-order valence-corrected chi connectivity index (χ3v) is 3.62. The molecule has 76 valence electrons. The van der Waals surface area contributed by atoms with E-state index in [0.717, 1.165) is 12.8 Å². The second-order valence-corrected chi connectivity index (χ2v) is 5.13. The van der Waals surface area contributed by atoms with Gasteiger partial charge in [-0.05, 0) is 33.6 Å². The van der Waals surface area contributed by atoms with Crippen molar-refractivity contribution in [3.8, 4) is 0 Å². The summed E-state index contributed by atoms with van der Waals surface area (Å²) >= 11 is 0. The number of aliphatic hydroxyl groups is 2. The number of hydrogen-bond acceptors (Lipinski definition) is 3. The molecule has 1 heterocycles. The molecule has 1 saturated heterocycles. The van der Waals surface area contributed by atoms with Gasteiger partial charge in [0.25, 0.3) is 0 Å². The van der Waals surface area contributed by atoms with Crippen LogP contribution in [-0.2, 0) is 4.74 Å². The third-order valence-electron chi connectivity index (χ3n) is 3.62. The summed E-state index contributed by atoms with van der Waals surface area (Å²) in [6.45, 7) is 5.73. The number of ether oxygens (including phenoxy) is 1. The van der Waals surface area contributed by atoms with E-state index in [2.05, 4.69) is 0 Å². The average molecular weight is 186 g/mol. The Kier molecular flexibility index (Phi) is 1.79. The van der Waals surface area contributed by atoms with E-state index in [9.17, 15) is 10.2 Å². The van der Waals surface area contributed by atoms with Crippen molar-refractivity contribution in [2.24, 2.45) is 5.92 Å². The van der Waals surface area contributed by atoms with Gasteiger partial charge in [0.15, 0.2) is 0 Å². The molecule has 0 aromatic heterocycles. The quantitative estimate of drug-likeness (QED) is 0.585. The minimum absolute atomic E-state index is 0.178. The van der Waals surface area contributed by atoms with Crippen LogP contribution in [0.15, 0.2) is 0 Å². The summed E-state index contributed by atoms with van der Waals surface area (Å²) < 4.78 is 5.70. The summed E-state index contributed by atoms with van der Waals surface area (Å²) in [6, 6.07) is 0. The molecule has 1 aliphatic carbocycles. The van der Waals surface area contributed by atoms with Gasteiger partial charge in [-0.25, -0.2) is 0 Å². The zero-order valence-corrected chi connectivity index (χ0v) is 8.45. The topological polar surface area (TPSA) is 49.7 Å². The number of rotatable bonds is 0. The molecule has 0 radical (unpaired) electrons. The normalized spacial score (nSPS) is 53.8. The average Bonchev–Trinajstić information content (AvgIpc) is 2.13. The summed E-state index contributed by atoms with van der Waals surface area (Å²) in [7, 11) is 0. The van der Waals surface area contributed by atoms with Crippen molar-refractivity contribution in [1.82, 2.24) is 0 Å². The van der Waals surface area contributed by atoms with Crippen LogP contribution in [0, 0.1) is 5.92 Å². The smallest absolute Gasteiger partial charge is 0.113 e. The molecule has 3 nitrogen and oxygen atoms in total. The molecule has 2 fully saturated rings. The highest BCUT2D eigenvalue weighted by Gasteiger charge is 2.58. The first-order chi connectivity index (χ1) is 5.84. The molecule has 0 unspecified atom stereocenters. The Morgan fingerprint density at radius 1 is 1.31 bits per heavy atom. The van der Waals surface area contributed by atoms with E-state index in [1.807, 2.05) is 13.8 Å². The second kappa shape index (κ2) is 2.47. The van der Waals surface area contributed by atoms with Gasteiger partial charge in [0.05, 0.1) is 17.3 Å². The van der Waals surface area contributed by atoms with Crippen LogP contribution in [0.2, 0.25) is 0 Å². The predicted molar refractivity (Wildman–Crippen MR) is 48.3 cm³/mol. The molecule has 0 aromatic carbocycles. The largest absolute Gasteiger partial charge is 0.390 e. The second-order valence-electron chi connectivity index (χ2n) is 5.13. The van der Waals surface area contributed by atoms with Crippen molar-refractivity contribution < 1.29 is 14.9 Å². The lowest BCUT2D eigenvalue weighted by Crippen LogP contribution is -2.49. The molecule has 4 atom stereocenters. The molecule has 2 rings (SSSR count). The first-order valence-corrected chi connectivity index (χ1v) is 4.93. The maximum Gasteiger partial charge on any atom is 0.113 e. The summed E-state index contributed by atoms with van der Waals surface area (Å²) in [5.41, 5.74) is -1.14. The SMILES string of the molecule is CC1(C)O[C@@H]2[C@H](O)[C@H]1CC[C@@]2(C)O. The van der Waals surface area contributed by atoms with E-state index in [-0.39, 0.29) is 11.5 Å². The van der Waals surface area contributed by atoms with Crippen LogP contribution in [0.4, 0.5) is 0 Å². The van der Waals surface area contributed by atoms with Gasteiger partial charge in [0.1, 0.15) is 6.10 Å². The molecule has 2 aliphatic rings. The Bertz CT molecular complexity index is 220. The molecule has 2 bridgehead atoms. The van der Waals surface area contributed by atoms with Crippen molar-refractivity contribution in [2.75, 3.05) is 0 Å². The number of aliphatic hydroxyl groups excluding tert-OH is 1. The number of hydrogen-bond donors (Lipinski definition) is 2. The maximum absolute atomic E-state index is 9.98. The van der Waals surface area contributed by atoms with E-state index in [4.69, 9.17) is 4.74 Å². The van der Waals surface area contributed by atoms with Crippen LogP contribution in [-0.4, -0.2) is 33.6 Å². The van der Waals surface area contributed by atoms with Crippen molar-refractivity contribution >= 4 is 0 Å². The summed E-state index contributed by atoms with van der Waals surface area (Å²) in [5.74, 6) is 0.178. The third kappa shape index (κ3) is 1.22. The van der Waals surface area contributed by atoms with Gasteiger partial charge in [-0.1, -0.05) is 0 Å². The van der Waals surface area contributed by atoms with Crippen LogP contribution < -0.4 is 0 Å². The molecule has 0 aromatic rings. The van der Waals surface area contributed by atoms with Crippen LogP contribution in [0.3, 0.4) is 0 Å². The van der Waals surface area contributed by atoms with Crippen LogP contribution >= 0.6 is 0 Å². The van der Waals surface area contributed by atoms with Gasteiger partial charge in [0.2, 0.25) is 0 Å². The summed E-state index contributed by atoms with van der Waals surface area (Å²) in [4.78, 5) is 0. The predicted octanol–water partition coefficient (Wildman–Crippen LogP) is 0.686. The minimum atomic E-state index is -0.857. The molecule has 3 heteroatoms. The highest BCUT2D eigenvalue weighted by molar-refractivity contribution is 5.07. The highest BCUT2D eigenvalue weighted by atomic mass is 16.5. The molecule has 1 saturated carbocycles. The van der Waals surface area contributed by atoms with E-state index in [1.165, 1.54) is 0 Å². The molecular formula is C10H18O3. The van der Waals surface area contributed by atoms with Gasteiger partial charge >= 0.3 is 0 Å². The summed E-state index contributed by atoms with van der Waals surface area (Å²) in [6.07, 6.45) is 0.667. The lowest BCUT2D eigenvalue weighted by molar-refractivity contribution is -0.139.